The van der Waals surface area contributed by atoms with Gasteiger partial charge in [0.1, 0.15) is 5.76 Å². The minimum absolute atomic E-state index is 0.146. The normalized spacial score (nSPS) is 15.4. The average Bonchev–Trinajstić information content (AvgIpc) is 2.75. The van der Waals surface area contributed by atoms with E-state index in [1.165, 1.54) is 23.8 Å². The number of ether oxygens (including phenoxy) is 1. The Balaban J connectivity index is 2.20. The molecule has 0 saturated heterocycles. The number of nitrogens with zero attached hydrogens (tertiary/aromatic N) is 1. The maximum atomic E-state index is 13.5. The molecule has 166 valence electrons. The molecule has 0 bridgehead atoms. The first-order valence-corrected chi connectivity index (χ1v) is 10.4. The summed E-state index contributed by atoms with van der Waals surface area (Å²) >= 11 is 0. The molecule has 32 heavy (non-hydrogen) atoms. The Morgan fingerprint density at radius 1 is 1.12 bits per heavy atom. The minimum Gasteiger partial charge on any atom is -0.499 e. The minimum atomic E-state index is -0.628. The van der Waals surface area contributed by atoms with Gasteiger partial charge in [-0.3, -0.25) is 23.7 Å². The number of methoxy groups -OCH3 is 1. The lowest BCUT2D eigenvalue weighted by Gasteiger charge is -2.32. The van der Waals surface area contributed by atoms with Gasteiger partial charge in [-0.05, 0) is 30.9 Å². The molecule has 6 nitrogen and oxygen atoms in total. The van der Waals surface area contributed by atoms with Crippen molar-refractivity contribution in [2.75, 3.05) is 7.11 Å². The van der Waals surface area contributed by atoms with Crippen molar-refractivity contribution in [2.45, 2.75) is 40.0 Å². The summed E-state index contributed by atoms with van der Waals surface area (Å²) in [5, 5.41) is 0. The summed E-state index contributed by atoms with van der Waals surface area (Å²) in [6, 6.07) is 9.78. The lowest BCUT2D eigenvalue weighted by Crippen LogP contribution is -2.37. The zero-order valence-corrected chi connectivity index (χ0v) is 18.9. The molecule has 2 aromatic rings. The number of carbonyl (C=O) groups excluding carboxylic acids is 3. The predicted molar refractivity (Wildman–Crippen MR) is 123 cm³/mol. The Morgan fingerprint density at radius 3 is 2.38 bits per heavy atom. The summed E-state index contributed by atoms with van der Waals surface area (Å²) < 4.78 is 6.68. The topological polar surface area (TPSA) is 82.4 Å². The molecular formula is C26H27NO5. The van der Waals surface area contributed by atoms with E-state index in [2.05, 4.69) is 6.58 Å². The highest BCUT2D eigenvalue weighted by Gasteiger charge is 2.35. The molecule has 0 N–H and O–H groups in total. The summed E-state index contributed by atoms with van der Waals surface area (Å²) in [6.07, 6.45) is 1.77. The number of rotatable bonds is 7. The van der Waals surface area contributed by atoms with Crippen molar-refractivity contribution in [1.82, 2.24) is 4.57 Å². The van der Waals surface area contributed by atoms with Crippen LogP contribution < -0.4 is 5.56 Å². The van der Waals surface area contributed by atoms with Gasteiger partial charge in [-0.15, -0.1) is 0 Å². The summed E-state index contributed by atoms with van der Waals surface area (Å²) in [6.45, 7) is 9.39. The zero-order chi connectivity index (χ0) is 23.6. The molecule has 0 atom stereocenters. The van der Waals surface area contributed by atoms with Crippen LogP contribution in [0.15, 0.2) is 59.6 Å². The largest absolute Gasteiger partial charge is 0.499 e. The standard InChI is InChI=1S/C26H27NO5/c1-6-20(16(2)32-5)27-21-14-26(3,4)15-24(30)18(21)12-19(25(27)31)23(29)13-22(28)17-10-8-7-9-11-17/h6-12H,1,13-15H2,2-5H3/b20-16-. The number of ketones is 3. The molecular weight excluding hydrogens is 406 g/mol. The molecule has 1 aliphatic carbocycles. The predicted octanol–water partition coefficient (Wildman–Crippen LogP) is 4.48. The molecule has 1 heterocycles. The molecule has 0 radical (unpaired) electrons. The number of hydrogen-bond acceptors (Lipinski definition) is 5. The van der Waals surface area contributed by atoms with Gasteiger partial charge >= 0.3 is 0 Å². The first-order valence-electron chi connectivity index (χ1n) is 10.4. The van der Waals surface area contributed by atoms with E-state index in [4.69, 9.17) is 4.74 Å². The summed E-state index contributed by atoms with van der Waals surface area (Å²) in [5.74, 6) is -0.743. The molecule has 1 aliphatic rings. The highest BCUT2D eigenvalue weighted by Crippen LogP contribution is 2.35. The Bertz CT molecular complexity index is 1200. The van der Waals surface area contributed by atoms with Gasteiger partial charge in [0, 0.05) is 23.2 Å². The monoisotopic (exact) mass is 433 g/mol. The fourth-order valence-electron chi connectivity index (χ4n) is 4.03. The number of hydrogen-bond donors (Lipinski definition) is 0. The number of allylic oxidation sites excluding steroid dienone is 3. The molecule has 1 aromatic heterocycles. The SMILES string of the molecule is C=C/C(=C(\C)OC)n1c2c(cc(C(=O)CC(=O)c3ccccc3)c1=O)C(=O)CC(C)(C)C2. The summed E-state index contributed by atoms with van der Waals surface area (Å²) in [4.78, 5) is 52.1. The van der Waals surface area contributed by atoms with Crippen molar-refractivity contribution in [3.63, 3.8) is 0 Å². The first-order chi connectivity index (χ1) is 15.1. The van der Waals surface area contributed by atoms with Crippen molar-refractivity contribution >= 4 is 23.0 Å². The maximum Gasteiger partial charge on any atom is 0.266 e. The highest BCUT2D eigenvalue weighted by atomic mass is 16.5. The molecule has 3 rings (SSSR count). The van der Waals surface area contributed by atoms with Crippen LogP contribution in [0, 0.1) is 5.41 Å². The number of fused-ring (bicyclic) bond motifs is 1. The quantitative estimate of drug-likeness (QED) is 0.278. The van der Waals surface area contributed by atoms with E-state index in [9.17, 15) is 19.2 Å². The Kier molecular flexibility index (Phi) is 6.44. The van der Waals surface area contributed by atoms with Gasteiger partial charge < -0.3 is 4.74 Å². The second-order valence-electron chi connectivity index (χ2n) is 8.74. The van der Waals surface area contributed by atoms with Gasteiger partial charge in [0.25, 0.3) is 5.56 Å². The second kappa shape index (κ2) is 8.91. The first kappa shape index (κ1) is 23.1. The number of pyridine rings is 1. The lowest BCUT2D eigenvalue weighted by atomic mass is 9.75. The fraction of sp³-hybridized carbons (Fsp3) is 0.308. The van der Waals surface area contributed by atoms with E-state index in [0.717, 1.165) is 0 Å². The van der Waals surface area contributed by atoms with Crippen molar-refractivity contribution < 1.29 is 19.1 Å². The molecule has 0 amide bonds. The molecule has 0 fully saturated rings. The fourth-order valence-corrected chi connectivity index (χ4v) is 4.03. The van der Waals surface area contributed by atoms with E-state index < -0.39 is 17.8 Å². The van der Waals surface area contributed by atoms with E-state index >= 15 is 0 Å². The van der Waals surface area contributed by atoms with Gasteiger partial charge in [-0.2, -0.15) is 0 Å². The lowest BCUT2D eigenvalue weighted by molar-refractivity contribution is 0.0892. The van der Waals surface area contributed by atoms with Crippen LogP contribution in [-0.2, 0) is 11.2 Å². The Hall–Kier alpha value is -3.54. The van der Waals surface area contributed by atoms with E-state index in [1.54, 1.807) is 37.3 Å². The van der Waals surface area contributed by atoms with Gasteiger partial charge in [0.05, 0.1) is 24.8 Å². The number of Topliss-reactive ketones (excluding diaryl/α,β-unsaturated/α-hetero) is 3. The molecule has 0 unspecified atom stereocenters. The maximum absolute atomic E-state index is 13.5. The van der Waals surface area contributed by atoms with Crippen LogP contribution in [0.5, 0.6) is 0 Å². The van der Waals surface area contributed by atoms with Gasteiger partial charge in [0.15, 0.2) is 17.3 Å². The third-order valence-corrected chi connectivity index (χ3v) is 5.71. The van der Waals surface area contributed by atoms with Crippen molar-refractivity contribution in [3.8, 4) is 0 Å². The van der Waals surface area contributed by atoms with Crippen molar-refractivity contribution in [3.05, 3.63) is 87.6 Å². The summed E-state index contributed by atoms with van der Waals surface area (Å²) in [7, 11) is 1.47. The van der Waals surface area contributed by atoms with Crippen LogP contribution in [0.4, 0.5) is 0 Å². The second-order valence-corrected chi connectivity index (χ2v) is 8.74. The van der Waals surface area contributed by atoms with E-state index in [-0.39, 0.29) is 22.5 Å². The number of benzene rings is 1. The molecule has 0 spiro atoms. The van der Waals surface area contributed by atoms with Crippen LogP contribution in [0.1, 0.15) is 70.4 Å². The van der Waals surface area contributed by atoms with Crippen LogP contribution in [0.3, 0.4) is 0 Å². The van der Waals surface area contributed by atoms with Crippen LogP contribution in [-0.4, -0.2) is 29.0 Å². The third kappa shape index (κ3) is 4.40. The molecule has 0 aliphatic heterocycles. The molecule has 0 saturated carbocycles. The third-order valence-electron chi connectivity index (χ3n) is 5.71. The molecule has 1 aromatic carbocycles. The van der Waals surface area contributed by atoms with Crippen LogP contribution in [0.2, 0.25) is 0 Å². The van der Waals surface area contributed by atoms with Gasteiger partial charge in [-0.25, -0.2) is 0 Å². The molecule has 6 heteroatoms. The average molecular weight is 434 g/mol. The zero-order valence-electron chi connectivity index (χ0n) is 18.9. The van der Waals surface area contributed by atoms with E-state index in [1.807, 2.05) is 13.8 Å². The van der Waals surface area contributed by atoms with Crippen LogP contribution in [0.25, 0.3) is 5.70 Å². The number of carbonyl (C=O) groups is 3. The Labute approximate surface area is 187 Å². The van der Waals surface area contributed by atoms with E-state index in [0.29, 0.717) is 41.1 Å². The van der Waals surface area contributed by atoms with Crippen molar-refractivity contribution in [2.24, 2.45) is 5.41 Å². The van der Waals surface area contributed by atoms with Crippen molar-refractivity contribution in [1.29, 1.82) is 0 Å². The highest BCUT2D eigenvalue weighted by molar-refractivity contribution is 6.14. The van der Waals surface area contributed by atoms with Crippen LogP contribution >= 0.6 is 0 Å². The van der Waals surface area contributed by atoms with Gasteiger partial charge in [0.2, 0.25) is 0 Å². The van der Waals surface area contributed by atoms with Gasteiger partial charge in [-0.1, -0.05) is 50.8 Å². The number of aromatic nitrogens is 1. The Morgan fingerprint density at radius 2 is 1.78 bits per heavy atom. The summed E-state index contributed by atoms with van der Waals surface area (Å²) in [5.41, 5.74) is 0.467. The smallest absolute Gasteiger partial charge is 0.266 e.